The quantitative estimate of drug-likeness (QED) is 0.773. The molecule has 1 atom stereocenters. The van der Waals surface area contributed by atoms with Crippen LogP contribution < -0.4 is 10.6 Å². The van der Waals surface area contributed by atoms with Crippen LogP contribution in [0.2, 0.25) is 0 Å². The number of hydrogen-bond donors (Lipinski definition) is 2. The molecule has 1 aliphatic rings. The number of amides is 4. The molecule has 0 bridgehead atoms. The minimum absolute atomic E-state index is 0.322. The third-order valence-corrected chi connectivity index (χ3v) is 4.95. The fourth-order valence-electron chi connectivity index (χ4n) is 3.42. The van der Waals surface area contributed by atoms with Crippen LogP contribution in [0.15, 0.2) is 54.6 Å². The van der Waals surface area contributed by atoms with E-state index < -0.39 is 23.4 Å². The lowest BCUT2D eigenvalue weighted by Crippen LogP contribution is -2.44. The number of rotatable bonds is 6. The molecule has 27 heavy (non-hydrogen) atoms. The Morgan fingerprint density at radius 2 is 1.70 bits per heavy atom. The van der Waals surface area contributed by atoms with Gasteiger partial charge in [0, 0.05) is 5.69 Å². The van der Waals surface area contributed by atoms with Gasteiger partial charge in [0.05, 0.1) is 0 Å². The molecule has 0 aliphatic carbocycles. The van der Waals surface area contributed by atoms with Gasteiger partial charge in [-0.3, -0.25) is 14.5 Å². The lowest BCUT2D eigenvalue weighted by atomic mass is 9.87. The van der Waals surface area contributed by atoms with Gasteiger partial charge in [0.15, 0.2) is 0 Å². The number of hydrogen-bond acceptors (Lipinski definition) is 3. The SMILES string of the molecule is CCc1ccccc1NC(=O)CN1C(=O)NC(CC)(c2ccccc2)C1=O. The van der Waals surface area contributed by atoms with E-state index in [1.807, 2.05) is 68.4 Å². The summed E-state index contributed by atoms with van der Waals surface area (Å²) in [5.74, 6) is -0.806. The van der Waals surface area contributed by atoms with Crippen molar-refractivity contribution in [2.75, 3.05) is 11.9 Å². The first-order valence-corrected chi connectivity index (χ1v) is 9.09. The minimum atomic E-state index is -1.13. The van der Waals surface area contributed by atoms with Crippen molar-refractivity contribution in [1.29, 1.82) is 0 Å². The number of anilines is 1. The van der Waals surface area contributed by atoms with E-state index >= 15 is 0 Å². The second kappa shape index (κ2) is 7.61. The topological polar surface area (TPSA) is 78.5 Å². The van der Waals surface area contributed by atoms with Crippen LogP contribution in [0.1, 0.15) is 31.4 Å². The first kappa shape index (κ1) is 18.6. The second-order valence-corrected chi connectivity index (χ2v) is 6.51. The lowest BCUT2D eigenvalue weighted by Gasteiger charge is -2.25. The van der Waals surface area contributed by atoms with Crippen molar-refractivity contribution in [3.63, 3.8) is 0 Å². The van der Waals surface area contributed by atoms with Crippen molar-refractivity contribution < 1.29 is 14.4 Å². The highest BCUT2D eigenvalue weighted by atomic mass is 16.2. The zero-order valence-electron chi connectivity index (χ0n) is 15.5. The largest absolute Gasteiger partial charge is 0.325 e. The van der Waals surface area contributed by atoms with Gasteiger partial charge in [-0.1, -0.05) is 62.4 Å². The van der Waals surface area contributed by atoms with Crippen molar-refractivity contribution in [1.82, 2.24) is 10.2 Å². The van der Waals surface area contributed by atoms with Gasteiger partial charge in [-0.25, -0.2) is 4.79 Å². The molecular formula is C21H23N3O3. The average molecular weight is 365 g/mol. The molecule has 1 aliphatic heterocycles. The highest BCUT2D eigenvalue weighted by Gasteiger charge is 2.51. The number of nitrogens with one attached hydrogen (secondary N) is 2. The normalized spacial score (nSPS) is 19.1. The first-order valence-electron chi connectivity index (χ1n) is 9.09. The molecule has 1 heterocycles. The van der Waals surface area contributed by atoms with Gasteiger partial charge in [-0.15, -0.1) is 0 Å². The number of imide groups is 1. The molecule has 1 unspecified atom stereocenters. The molecule has 1 fully saturated rings. The Morgan fingerprint density at radius 1 is 1.04 bits per heavy atom. The van der Waals surface area contributed by atoms with Crippen LogP contribution in [-0.2, 0) is 21.5 Å². The summed E-state index contributed by atoms with van der Waals surface area (Å²) in [6, 6.07) is 16.0. The smallest absolute Gasteiger partial charge is 0.324 e. The fourth-order valence-corrected chi connectivity index (χ4v) is 3.42. The molecular weight excluding hydrogens is 342 g/mol. The van der Waals surface area contributed by atoms with Crippen LogP contribution in [0.5, 0.6) is 0 Å². The molecule has 3 rings (SSSR count). The summed E-state index contributed by atoms with van der Waals surface area (Å²) in [6.45, 7) is 3.52. The van der Waals surface area contributed by atoms with Crippen molar-refractivity contribution in [2.24, 2.45) is 0 Å². The Balaban J connectivity index is 1.78. The molecule has 0 spiro atoms. The van der Waals surface area contributed by atoms with Gasteiger partial charge in [0.25, 0.3) is 5.91 Å². The Kier molecular flexibility index (Phi) is 5.26. The van der Waals surface area contributed by atoms with E-state index in [4.69, 9.17) is 0 Å². The van der Waals surface area contributed by atoms with Gasteiger partial charge >= 0.3 is 6.03 Å². The summed E-state index contributed by atoms with van der Waals surface area (Å²) in [5, 5.41) is 5.58. The predicted octanol–water partition coefficient (Wildman–Crippen LogP) is 3.04. The van der Waals surface area contributed by atoms with E-state index in [1.165, 1.54) is 0 Å². The Morgan fingerprint density at radius 3 is 2.37 bits per heavy atom. The summed E-state index contributed by atoms with van der Waals surface area (Å²) in [5.41, 5.74) is 1.28. The number of carbonyl (C=O) groups excluding carboxylic acids is 3. The number of urea groups is 1. The van der Waals surface area contributed by atoms with E-state index in [0.717, 1.165) is 16.9 Å². The first-order chi connectivity index (χ1) is 13.0. The standard InChI is InChI=1S/C21H23N3O3/c1-3-15-10-8-9-13-17(15)22-18(25)14-24-19(26)21(4-2,23-20(24)27)16-11-6-5-7-12-16/h5-13H,3-4,14H2,1-2H3,(H,22,25)(H,23,27). The van der Waals surface area contributed by atoms with Gasteiger partial charge in [0.2, 0.25) is 5.91 Å². The van der Waals surface area contributed by atoms with Crippen LogP contribution in [0.4, 0.5) is 10.5 Å². The summed E-state index contributed by atoms with van der Waals surface area (Å²) < 4.78 is 0. The molecule has 2 N–H and O–H groups in total. The molecule has 1 saturated heterocycles. The van der Waals surface area contributed by atoms with E-state index in [-0.39, 0.29) is 6.54 Å². The minimum Gasteiger partial charge on any atom is -0.324 e. The van der Waals surface area contributed by atoms with Crippen molar-refractivity contribution >= 4 is 23.5 Å². The average Bonchev–Trinajstić information content (AvgIpc) is 2.94. The zero-order chi connectivity index (χ0) is 19.4. The van der Waals surface area contributed by atoms with E-state index in [1.54, 1.807) is 0 Å². The Bertz CT molecular complexity index is 866. The predicted molar refractivity (Wildman–Crippen MR) is 103 cm³/mol. The van der Waals surface area contributed by atoms with Crippen LogP contribution in [-0.4, -0.2) is 29.3 Å². The van der Waals surface area contributed by atoms with Gasteiger partial charge in [-0.05, 0) is 30.0 Å². The summed E-state index contributed by atoms with van der Waals surface area (Å²) in [6.07, 6.45) is 1.17. The maximum absolute atomic E-state index is 13.0. The lowest BCUT2D eigenvalue weighted by molar-refractivity contribution is -0.134. The van der Waals surface area contributed by atoms with Crippen LogP contribution in [0.3, 0.4) is 0 Å². The molecule has 6 heteroatoms. The van der Waals surface area contributed by atoms with Gasteiger partial charge < -0.3 is 10.6 Å². The summed E-state index contributed by atoms with van der Waals surface area (Å²) in [4.78, 5) is 39.0. The molecule has 2 aromatic carbocycles. The number of para-hydroxylation sites is 1. The zero-order valence-corrected chi connectivity index (χ0v) is 15.5. The summed E-state index contributed by atoms with van der Waals surface area (Å²) >= 11 is 0. The van der Waals surface area contributed by atoms with E-state index in [2.05, 4.69) is 10.6 Å². The van der Waals surface area contributed by atoms with Crippen LogP contribution >= 0.6 is 0 Å². The number of aryl methyl sites for hydroxylation is 1. The molecule has 0 saturated carbocycles. The third-order valence-electron chi connectivity index (χ3n) is 4.95. The second-order valence-electron chi connectivity index (χ2n) is 6.51. The number of benzene rings is 2. The Labute approximate surface area is 158 Å². The number of nitrogens with zero attached hydrogens (tertiary/aromatic N) is 1. The van der Waals surface area contributed by atoms with E-state index in [0.29, 0.717) is 17.7 Å². The molecule has 0 radical (unpaired) electrons. The van der Waals surface area contributed by atoms with Crippen LogP contribution in [0.25, 0.3) is 0 Å². The van der Waals surface area contributed by atoms with E-state index in [9.17, 15) is 14.4 Å². The fraction of sp³-hybridized carbons (Fsp3) is 0.286. The third kappa shape index (κ3) is 3.43. The molecule has 4 amide bonds. The highest BCUT2D eigenvalue weighted by molar-refractivity contribution is 6.10. The van der Waals surface area contributed by atoms with Gasteiger partial charge in [-0.2, -0.15) is 0 Å². The van der Waals surface area contributed by atoms with Crippen LogP contribution in [0, 0.1) is 0 Å². The Hall–Kier alpha value is -3.15. The van der Waals surface area contributed by atoms with Gasteiger partial charge in [0.1, 0.15) is 12.1 Å². The maximum Gasteiger partial charge on any atom is 0.325 e. The van der Waals surface area contributed by atoms with Crippen molar-refractivity contribution in [2.45, 2.75) is 32.2 Å². The molecule has 0 aromatic heterocycles. The molecule has 6 nitrogen and oxygen atoms in total. The summed E-state index contributed by atoms with van der Waals surface area (Å²) in [7, 11) is 0. The van der Waals surface area contributed by atoms with Crippen molar-refractivity contribution in [3.8, 4) is 0 Å². The highest BCUT2D eigenvalue weighted by Crippen LogP contribution is 2.32. The maximum atomic E-state index is 13.0. The monoisotopic (exact) mass is 365 g/mol. The molecule has 2 aromatic rings. The number of carbonyl (C=O) groups is 3. The molecule has 140 valence electrons. The van der Waals surface area contributed by atoms with Crippen molar-refractivity contribution in [3.05, 3.63) is 65.7 Å².